The average Bonchev–Trinajstić information content (AvgIpc) is 2.96. The Morgan fingerprint density at radius 3 is 2.71 bits per heavy atom. The molecule has 126 valence electrons. The van der Waals surface area contributed by atoms with E-state index in [0.29, 0.717) is 16.5 Å². The zero-order valence-electron chi connectivity index (χ0n) is 14.0. The topological polar surface area (TPSA) is 72.9 Å². The second-order valence-corrected chi connectivity index (χ2v) is 6.99. The quantitative estimate of drug-likeness (QED) is 0.404. The van der Waals surface area contributed by atoms with Crippen LogP contribution in [0.3, 0.4) is 0 Å². The van der Waals surface area contributed by atoms with Gasteiger partial charge in [0.2, 0.25) is 0 Å². The van der Waals surface area contributed by atoms with Crippen LogP contribution in [-0.4, -0.2) is 50.8 Å². The summed E-state index contributed by atoms with van der Waals surface area (Å²) in [5.74, 6) is 1.41. The molecule has 0 aliphatic rings. The SMILES string of the molecule is CN(C)CCCSc1nc(N)c2ncn(Cc3ccccc3)c2n1. The van der Waals surface area contributed by atoms with E-state index in [0.717, 1.165) is 30.9 Å². The van der Waals surface area contributed by atoms with Crippen LogP contribution in [0, 0.1) is 0 Å². The van der Waals surface area contributed by atoms with Crippen molar-refractivity contribution >= 4 is 28.7 Å². The Kier molecular flexibility index (Phi) is 5.32. The second-order valence-electron chi connectivity index (χ2n) is 5.93. The van der Waals surface area contributed by atoms with Crippen molar-refractivity contribution in [2.45, 2.75) is 18.1 Å². The molecule has 0 atom stereocenters. The van der Waals surface area contributed by atoms with Crippen molar-refractivity contribution in [1.29, 1.82) is 0 Å². The molecule has 2 aromatic heterocycles. The first-order valence-corrected chi connectivity index (χ1v) is 8.92. The van der Waals surface area contributed by atoms with Crippen LogP contribution < -0.4 is 5.73 Å². The number of anilines is 1. The van der Waals surface area contributed by atoms with Gasteiger partial charge in [-0.25, -0.2) is 15.0 Å². The molecule has 0 fully saturated rings. The van der Waals surface area contributed by atoms with Crippen molar-refractivity contribution < 1.29 is 0 Å². The number of rotatable bonds is 7. The van der Waals surface area contributed by atoms with E-state index in [1.807, 2.05) is 22.8 Å². The minimum absolute atomic E-state index is 0.446. The Balaban J connectivity index is 1.79. The normalized spacial score (nSPS) is 11.5. The van der Waals surface area contributed by atoms with E-state index in [2.05, 4.69) is 46.1 Å². The van der Waals surface area contributed by atoms with Gasteiger partial charge in [0.05, 0.1) is 12.9 Å². The van der Waals surface area contributed by atoms with Gasteiger partial charge >= 0.3 is 0 Å². The van der Waals surface area contributed by atoms with Crippen LogP contribution in [0.2, 0.25) is 0 Å². The van der Waals surface area contributed by atoms with Crippen LogP contribution in [-0.2, 0) is 6.54 Å². The third kappa shape index (κ3) is 4.04. The Bertz CT molecular complexity index is 799. The third-order valence-corrected chi connectivity index (χ3v) is 4.58. The highest BCUT2D eigenvalue weighted by Crippen LogP contribution is 2.22. The molecule has 2 N–H and O–H groups in total. The number of imidazole rings is 1. The second kappa shape index (κ2) is 7.63. The van der Waals surface area contributed by atoms with Gasteiger partial charge in [0.15, 0.2) is 16.6 Å². The van der Waals surface area contributed by atoms with Gasteiger partial charge in [-0.05, 0) is 32.6 Å². The number of hydrogen-bond donors (Lipinski definition) is 1. The van der Waals surface area contributed by atoms with E-state index in [1.165, 1.54) is 5.56 Å². The number of fused-ring (bicyclic) bond motifs is 1. The van der Waals surface area contributed by atoms with Crippen molar-refractivity contribution in [2.24, 2.45) is 0 Å². The largest absolute Gasteiger partial charge is 0.382 e. The van der Waals surface area contributed by atoms with Crippen LogP contribution >= 0.6 is 11.8 Å². The minimum atomic E-state index is 0.446. The first-order valence-electron chi connectivity index (χ1n) is 7.93. The standard InChI is InChI=1S/C17H22N6S/c1-22(2)9-6-10-24-17-20-15(18)14-16(21-17)23(12-19-14)11-13-7-4-3-5-8-13/h3-5,7-8,12H,6,9-11H2,1-2H3,(H2,18,20,21). The Morgan fingerprint density at radius 1 is 1.17 bits per heavy atom. The van der Waals surface area contributed by atoms with Crippen molar-refractivity contribution in [3.8, 4) is 0 Å². The van der Waals surface area contributed by atoms with Crippen molar-refractivity contribution in [2.75, 3.05) is 32.1 Å². The average molecular weight is 342 g/mol. The fraction of sp³-hybridized carbons (Fsp3) is 0.353. The molecule has 7 heteroatoms. The van der Waals surface area contributed by atoms with E-state index in [4.69, 9.17) is 5.73 Å². The molecule has 0 spiro atoms. The summed E-state index contributed by atoms with van der Waals surface area (Å²) >= 11 is 1.64. The highest BCUT2D eigenvalue weighted by atomic mass is 32.2. The lowest BCUT2D eigenvalue weighted by atomic mass is 10.2. The molecule has 0 amide bonds. The molecular weight excluding hydrogens is 320 g/mol. The Morgan fingerprint density at radius 2 is 1.96 bits per heavy atom. The lowest BCUT2D eigenvalue weighted by Gasteiger charge is -2.08. The summed E-state index contributed by atoms with van der Waals surface area (Å²) in [6.45, 7) is 1.77. The number of aromatic nitrogens is 4. The van der Waals surface area contributed by atoms with Gasteiger partial charge in [-0.2, -0.15) is 0 Å². The van der Waals surface area contributed by atoms with E-state index < -0.39 is 0 Å². The molecule has 1 aromatic carbocycles. The molecule has 6 nitrogen and oxygen atoms in total. The molecule has 0 saturated heterocycles. The zero-order valence-corrected chi connectivity index (χ0v) is 14.8. The van der Waals surface area contributed by atoms with Gasteiger partial charge in [-0.1, -0.05) is 42.1 Å². The summed E-state index contributed by atoms with van der Waals surface area (Å²) in [7, 11) is 4.15. The molecule has 0 bridgehead atoms. The predicted octanol–water partition coefficient (Wildman–Crippen LogP) is 2.50. The van der Waals surface area contributed by atoms with Crippen molar-refractivity contribution in [1.82, 2.24) is 24.4 Å². The molecule has 0 saturated carbocycles. The first-order chi connectivity index (χ1) is 11.6. The highest BCUT2D eigenvalue weighted by Gasteiger charge is 2.12. The highest BCUT2D eigenvalue weighted by molar-refractivity contribution is 7.99. The van der Waals surface area contributed by atoms with Gasteiger partial charge in [0.25, 0.3) is 0 Å². The van der Waals surface area contributed by atoms with E-state index in [1.54, 1.807) is 18.1 Å². The van der Waals surface area contributed by atoms with Gasteiger partial charge in [-0.3, -0.25) is 0 Å². The van der Waals surface area contributed by atoms with Crippen LogP contribution in [0.1, 0.15) is 12.0 Å². The third-order valence-electron chi connectivity index (χ3n) is 3.65. The van der Waals surface area contributed by atoms with Gasteiger partial charge < -0.3 is 15.2 Å². The molecule has 3 aromatic rings. The monoisotopic (exact) mass is 342 g/mol. The fourth-order valence-electron chi connectivity index (χ4n) is 2.45. The summed E-state index contributed by atoms with van der Waals surface area (Å²) in [6.07, 6.45) is 2.87. The molecule has 0 unspecified atom stereocenters. The van der Waals surface area contributed by atoms with Gasteiger partial charge in [-0.15, -0.1) is 0 Å². The number of nitrogen functional groups attached to an aromatic ring is 1. The number of nitrogens with zero attached hydrogens (tertiary/aromatic N) is 5. The summed E-state index contributed by atoms with van der Waals surface area (Å²) in [5, 5.41) is 0.716. The maximum absolute atomic E-state index is 6.07. The smallest absolute Gasteiger partial charge is 0.191 e. The first kappa shape index (κ1) is 16.7. The maximum Gasteiger partial charge on any atom is 0.191 e. The van der Waals surface area contributed by atoms with E-state index >= 15 is 0 Å². The van der Waals surface area contributed by atoms with Crippen LogP contribution in [0.5, 0.6) is 0 Å². The molecule has 2 heterocycles. The molecule has 3 rings (SSSR count). The van der Waals surface area contributed by atoms with Crippen LogP contribution in [0.15, 0.2) is 41.8 Å². The van der Waals surface area contributed by atoms with Crippen molar-refractivity contribution in [3.63, 3.8) is 0 Å². The molecule has 24 heavy (non-hydrogen) atoms. The van der Waals surface area contributed by atoms with Crippen molar-refractivity contribution in [3.05, 3.63) is 42.2 Å². The number of nitrogens with two attached hydrogens (primary N) is 1. The molecule has 0 radical (unpaired) electrons. The Labute approximate surface area is 146 Å². The van der Waals surface area contributed by atoms with Gasteiger partial charge in [0, 0.05) is 5.75 Å². The van der Waals surface area contributed by atoms with Gasteiger partial charge in [0.1, 0.15) is 5.52 Å². The van der Waals surface area contributed by atoms with Crippen LogP contribution in [0.25, 0.3) is 11.2 Å². The number of thioether (sulfide) groups is 1. The lowest BCUT2D eigenvalue weighted by Crippen LogP contribution is -2.13. The summed E-state index contributed by atoms with van der Waals surface area (Å²) in [5.41, 5.74) is 8.73. The zero-order chi connectivity index (χ0) is 16.9. The molecule has 0 aliphatic heterocycles. The minimum Gasteiger partial charge on any atom is -0.382 e. The Hall–Kier alpha value is -2.12. The maximum atomic E-state index is 6.07. The molecular formula is C17H22N6S. The lowest BCUT2D eigenvalue weighted by molar-refractivity contribution is 0.410. The summed E-state index contributed by atoms with van der Waals surface area (Å²) < 4.78 is 2.02. The van der Waals surface area contributed by atoms with E-state index in [-0.39, 0.29) is 0 Å². The number of hydrogen-bond acceptors (Lipinski definition) is 6. The predicted molar refractivity (Wildman–Crippen MR) is 99.2 cm³/mol. The summed E-state index contributed by atoms with van der Waals surface area (Å²) in [6, 6.07) is 10.3. The van der Waals surface area contributed by atoms with E-state index in [9.17, 15) is 0 Å². The molecule has 0 aliphatic carbocycles. The summed E-state index contributed by atoms with van der Waals surface area (Å²) in [4.78, 5) is 15.6. The number of benzene rings is 1. The fourth-order valence-corrected chi connectivity index (χ4v) is 3.22. The van der Waals surface area contributed by atoms with Crippen LogP contribution in [0.4, 0.5) is 5.82 Å².